The molecule has 1 aliphatic rings. The SMILES string of the molecule is CCc1nccn1CC(=O)N1Cc2nccn2C[C@@H]1c1ccccc1. The number of rotatable bonds is 4. The first-order valence-corrected chi connectivity index (χ1v) is 8.60. The topological polar surface area (TPSA) is 56.0 Å². The number of carbonyl (C=O) groups excluding carboxylic acids is 1. The van der Waals surface area contributed by atoms with Crippen LogP contribution in [0.5, 0.6) is 0 Å². The third-order valence-corrected chi connectivity index (χ3v) is 4.79. The van der Waals surface area contributed by atoms with E-state index < -0.39 is 0 Å². The molecule has 0 N–H and O–H groups in total. The molecule has 1 atom stereocenters. The quantitative estimate of drug-likeness (QED) is 0.736. The fourth-order valence-corrected chi connectivity index (χ4v) is 3.46. The number of hydrogen-bond acceptors (Lipinski definition) is 3. The first-order chi connectivity index (χ1) is 12.3. The number of fused-ring (bicyclic) bond motifs is 1. The molecule has 25 heavy (non-hydrogen) atoms. The molecule has 4 rings (SSSR count). The van der Waals surface area contributed by atoms with Gasteiger partial charge in [-0.2, -0.15) is 0 Å². The molecule has 0 saturated heterocycles. The van der Waals surface area contributed by atoms with E-state index in [0.29, 0.717) is 13.1 Å². The summed E-state index contributed by atoms with van der Waals surface area (Å²) < 4.78 is 4.07. The number of hydrogen-bond donors (Lipinski definition) is 0. The lowest BCUT2D eigenvalue weighted by Crippen LogP contribution is -2.42. The zero-order valence-electron chi connectivity index (χ0n) is 14.2. The number of amides is 1. The lowest BCUT2D eigenvalue weighted by Gasteiger charge is -2.36. The maximum absolute atomic E-state index is 13.1. The van der Waals surface area contributed by atoms with Gasteiger partial charge < -0.3 is 14.0 Å². The fraction of sp³-hybridized carbons (Fsp3) is 0.316. The van der Waals surface area contributed by atoms with Crippen molar-refractivity contribution in [2.75, 3.05) is 0 Å². The van der Waals surface area contributed by atoms with Gasteiger partial charge in [0.1, 0.15) is 18.2 Å². The largest absolute Gasteiger partial charge is 0.331 e. The number of carbonyl (C=O) groups is 1. The predicted molar refractivity (Wildman–Crippen MR) is 93.6 cm³/mol. The highest BCUT2D eigenvalue weighted by atomic mass is 16.2. The maximum atomic E-state index is 13.1. The van der Waals surface area contributed by atoms with Crippen LogP contribution in [0.1, 0.15) is 30.2 Å². The molecule has 0 radical (unpaired) electrons. The van der Waals surface area contributed by atoms with E-state index in [0.717, 1.165) is 30.2 Å². The molecule has 0 saturated carbocycles. The van der Waals surface area contributed by atoms with Crippen LogP contribution in [0.15, 0.2) is 55.1 Å². The van der Waals surface area contributed by atoms with Crippen molar-refractivity contribution in [2.45, 2.75) is 39.0 Å². The summed E-state index contributed by atoms with van der Waals surface area (Å²) in [5, 5.41) is 0. The smallest absolute Gasteiger partial charge is 0.243 e. The van der Waals surface area contributed by atoms with Crippen LogP contribution in [-0.4, -0.2) is 29.9 Å². The minimum atomic E-state index is 0.0176. The average Bonchev–Trinajstić information content (AvgIpc) is 3.29. The summed E-state index contributed by atoms with van der Waals surface area (Å²) in [6, 6.07) is 10.2. The summed E-state index contributed by atoms with van der Waals surface area (Å²) in [5.74, 6) is 1.96. The van der Waals surface area contributed by atoms with Gasteiger partial charge in [0.25, 0.3) is 0 Å². The van der Waals surface area contributed by atoms with Crippen molar-refractivity contribution in [3.05, 3.63) is 72.3 Å². The highest BCUT2D eigenvalue weighted by Gasteiger charge is 2.31. The zero-order valence-corrected chi connectivity index (χ0v) is 14.2. The van der Waals surface area contributed by atoms with Crippen LogP contribution in [0.25, 0.3) is 0 Å². The van der Waals surface area contributed by atoms with E-state index in [-0.39, 0.29) is 11.9 Å². The molecule has 0 fully saturated rings. The normalized spacial score (nSPS) is 16.7. The van der Waals surface area contributed by atoms with Gasteiger partial charge in [0.2, 0.25) is 5.91 Å². The summed E-state index contributed by atoms with van der Waals surface area (Å²) >= 11 is 0. The van der Waals surface area contributed by atoms with E-state index in [1.54, 1.807) is 12.4 Å². The minimum Gasteiger partial charge on any atom is -0.331 e. The molecule has 1 amide bonds. The Morgan fingerprint density at radius 3 is 2.76 bits per heavy atom. The van der Waals surface area contributed by atoms with Crippen molar-refractivity contribution < 1.29 is 4.79 Å². The molecule has 3 aromatic rings. The first kappa shape index (κ1) is 15.6. The van der Waals surface area contributed by atoms with Gasteiger partial charge in [-0.15, -0.1) is 0 Å². The maximum Gasteiger partial charge on any atom is 0.243 e. The van der Waals surface area contributed by atoms with Crippen LogP contribution < -0.4 is 0 Å². The van der Waals surface area contributed by atoms with E-state index >= 15 is 0 Å². The molecule has 2 aromatic heterocycles. The Morgan fingerprint density at radius 1 is 1.16 bits per heavy atom. The van der Waals surface area contributed by atoms with Crippen molar-refractivity contribution in [3.63, 3.8) is 0 Å². The third-order valence-electron chi connectivity index (χ3n) is 4.79. The Balaban J connectivity index is 1.64. The van der Waals surface area contributed by atoms with E-state index in [9.17, 15) is 4.79 Å². The first-order valence-electron chi connectivity index (χ1n) is 8.60. The van der Waals surface area contributed by atoms with Gasteiger partial charge in [-0.3, -0.25) is 4.79 Å². The number of aromatic nitrogens is 4. The Hall–Kier alpha value is -2.89. The van der Waals surface area contributed by atoms with Crippen LogP contribution in [0.4, 0.5) is 0 Å². The lowest BCUT2D eigenvalue weighted by atomic mass is 10.0. The Morgan fingerprint density at radius 2 is 1.96 bits per heavy atom. The summed E-state index contributed by atoms with van der Waals surface area (Å²) in [7, 11) is 0. The standard InChI is InChI=1S/C19H21N5O/c1-2-17-20-8-11-23(17)14-19(25)24-13-18-21-9-10-22(18)12-16(24)15-6-4-3-5-7-15/h3-11,16H,2,12-14H2,1H3/t16-/m1/s1. The number of aryl methyl sites for hydroxylation is 1. The van der Waals surface area contributed by atoms with Crippen molar-refractivity contribution in [2.24, 2.45) is 0 Å². The molecular formula is C19H21N5O. The molecule has 6 heteroatoms. The summed E-state index contributed by atoms with van der Waals surface area (Å²) in [4.78, 5) is 23.7. The van der Waals surface area contributed by atoms with Gasteiger partial charge >= 0.3 is 0 Å². The Kier molecular flexibility index (Phi) is 4.09. The predicted octanol–water partition coefficient (Wildman–Crippen LogP) is 2.43. The van der Waals surface area contributed by atoms with Crippen molar-refractivity contribution in [3.8, 4) is 0 Å². The third kappa shape index (κ3) is 2.95. The van der Waals surface area contributed by atoms with Gasteiger partial charge in [0.15, 0.2) is 0 Å². The van der Waals surface area contributed by atoms with Gasteiger partial charge in [-0.05, 0) is 5.56 Å². The Labute approximate surface area is 146 Å². The second-order valence-electron chi connectivity index (χ2n) is 6.27. The average molecular weight is 335 g/mol. The molecular weight excluding hydrogens is 314 g/mol. The van der Waals surface area contributed by atoms with Crippen LogP contribution in [-0.2, 0) is 30.8 Å². The van der Waals surface area contributed by atoms with Crippen LogP contribution in [0.3, 0.4) is 0 Å². The molecule has 0 spiro atoms. The second kappa shape index (κ2) is 6.55. The fourth-order valence-electron chi connectivity index (χ4n) is 3.46. The van der Waals surface area contributed by atoms with E-state index in [4.69, 9.17) is 0 Å². The van der Waals surface area contributed by atoms with Crippen LogP contribution in [0.2, 0.25) is 0 Å². The highest BCUT2D eigenvalue weighted by molar-refractivity contribution is 5.76. The summed E-state index contributed by atoms with van der Waals surface area (Å²) in [6.07, 6.45) is 8.23. The monoisotopic (exact) mass is 335 g/mol. The molecule has 0 unspecified atom stereocenters. The molecule has 0 bridgehead atoms. The molecule has 3 heterocycles. The minimum absolute atomic E-state index is 0.0176. The van der Waals surface area contributed by atoms with Crippen molar-refractivity contribution in [1.29, 1.82) is 0 Å². The van der Waals surface area contributed by atoms with Crippen molar-refractivity contribution in [1.82, 2.24) is 24.0 Å². The molecule has 0 aliphatic carbocycles. The van der Waals surface area contributed by atoms with E-state index in [2.05, 4.69) is 26.7 Å². The second-order valence-corrected chi connectivity index (χ2v) is 6.27. The molecule has 1 aromatic carbocycles. The van der Waals surface area contributed by atoms with Gasteiger partial charge in [0, 0.05) is 37.8 Å². The lowest BCUT2D eigenvalue weighted by molar-refractivity contribution is -0.136. The van der Waals surface area contributed by atoms with E-state index in [1.165, 1.54) is 0 Å². The molecule has 1 aliphatic heterocycles. The zero-order chi connectivity index (χ0) is 17.2. The van der Waals surface area contributed by atoms with Crippen LogP contribution >= 0.6 is 0 Å². The Bertz CT molecular complexity index is 867. The molecule has 128 valence electrons. The molecule has 6 nitrogen and oxygen atoms in total. The number of nitrogens with zero attached hydrogens (tertiary/aromatic N) is 5. The highest BCUT2D eigenvalue weighted by Crippen LogP contribution is 2.29. The van der Waals surface area contributed by atoms with Crippen LogP contribution in [0, 0.1) is 0 Å². The number of imidazole rings is 2. The summed E-state index contributed by atoms with van der Waals surface area (Å²) in [6.45, 7) is 3.62. The van der Waals surface area contributed by atoms with Gasteiger partial charge in [0.05, 0.1) is 12.6 Å². The van der Waals surface area contributed by atoms with Crippen molar-refractivity contribution >= 4 is 5.91 Å². The van der Waals surface area contributed by atoms with Gasteiger partial charge in [-0.25, -0.2) is 9.97 Å². The van der Waals surface area contributed by atoms with Gasteiger partial charge in [-0.1, -0.05) is 37.3 Å². The summed E-state index contributed by atoms with van der Waals surface area (Å²) in [5.41, 5.74) is 1.15. The number of benzene rings is 1. The van der Waals surface area contributed by atoms with E-state index in [1.807, 2.05) is 47.0 Å².